The summed E-state index contributed by atoms with van der Waals surface area (Å²) in [6.07, 6.45) is 0.531. The summed E-state index contributed by atoms with van der Waals surface area (Å²) in [5, 5.41) is 8.67. The van der Waals surface area contributed by atoms with Gasteiger partial charge in [0.25, 0.3) is 0 Å². The molecule has 0 saturated carbocycles. The summed E-state index contributed by atoms with van der Waals surface area (Å²) in [5.74, 6) is -0.866. The molecule has 0 bridgehead atoms. The second-order valence-electron chi connectivity index (χ2n) is 6.44. The van der Waals surface area contributed by atoms with Crippen molar-refractivity contribution in [2.75, 3.05) is 6.54 Å². The van der Waals surface area contributed by atoms with Gasteiger partial charge in [-0.1, -0.05) is 0 Å². The molecule has 5 nitrogen and oxygen atoms in total. The maximum Gasteiger partial charge on any atom is 0.303 e. The van der Waals surface area contributed by atoms with Gasteiger partial charge in [-0.15, -0.1) is 0 Å². The Labute approximate surface area is 116 Å². The molecular weight excluding hydrogens is 244 g/mol. The van der Waals surface area contributed by atoms with Gasteiger partial charge in [0.05, 0.1) is 5.41 Å². The van der Waals surface area contributed by atoms with Gasteiger partial charge >= 0.3 is 5.97 Å². The van der Waals surface area contributed by atoms with Crippen LogP contribution in [0.2, 0.25) is 0 Å². The third kappa shape index (κ3) is 4.82. The number of amides is 1. The molecule has 0 aromatic heterocycles. The highest BCUT2D eigenvalue weighted by molar-refractivity contribution is 5.83. The number of carbonyl (C=O) groups is 2. The van der Waals surface area contributed by atoms with E-state index in [-0.39, 0.29) is 18.4 Å². The van der Waals surface area contributed by atoms with Crippen molar-refractivity contribution < 1.29 is 14.7 Å². The Bertz CT molecular complexity index is 330. The average molecular weight is 272 g/mol. The van der Waals surface area contributed by atoms with Crippen molar-refractivity contribution >= 4 is 11.9 Å². The van der Waals surface area contributed by atoms with Gasteiger partial charge in [-0.05, 0) is 48.0 Å². The first-order valence-corrected chi connectivity index (χ1v) is 6.73. The summed E-state index contributed by atoms with van der Waals surface area (Å²) in [7, 11) is 0. The molecule has 0 spiro atoms. The molecule has 1 amide bonds. The number of nitrogens with zero attached hydrogens (tertiary/aromatic N) is 1. The molecule has 0 unspecified atom stereocenters. The molecule has 0 aromatic carbocycles. The van der Waals surface area contributed by atoms with Crippen LogP contribution in [0.3, 0.4) is 0 Å². The molecule has 0 radical (unpaired) electrons. The quantitative estimate of drug-likeness (QED) is 0.741. The van der Waals surface area contributed by atoms with Gasteiger partial charge in [-0.2, -0.15) is 0 Å². The van der Waals surface area contributed by atoms with Crippen LogP contribution in [0.25, 0.3) is 0 Å². The molecule has 112 valence electrons. The lowest BCUT2D eigenvalue weighted by Gasteiger charge is -2.42. The van der Waals surface area contributed by atoms with E-state index in [1.165, 1.54) is 0 Å². The van der Waals surface area contributed by atoms with E-state index in [0.717, 1.165) is 0 Å². The van der Waals surface area contributed by atoms with E-state index in [4.69, 9.17) is 10.8 Å². The summed E-state index contributed by atoms with van der Waals surface area (Å²) >= 11 is 0. The number of hydrogen-bond acceptors (Lipinski definition) is 3. The van der Waals surface area contributed by atoms with Crippen molar-refractivity contribution in [2.24, 2.45) is 11.1 Å². The van der Waals surface area contributed by atoms with Crippen LogP contribution in [0.15, 0.2) is 0 Å². The van der Waals surface area contributed by atoms with Crippen molar-refractivity contribution in [3.05, 3.63) is 0 Å². The van der Waals surface area contributed by atoms with E-state index in [1.807, 2.05) is 41.5 Å². The Morgan fingerprint density at radius 1 is 1.21 bits per heavy atom. The van der Waals surface area contributed by atoms with Crippen LogP contribution in [0.4, 0.5) is 0 Å². The maximum atomic E-state index is 12.6. The number of aliphatic carboxylic acids is 1. The van der Waals surface area contributed by atoms with Gasteiger partial charge in [0.15, 0.2) is 0 Å². The molecule has 0 saturated heterocycles. The zero-order valence-corrected chi connectivity index (χ0v) is 13.0. The van der Waals surface area contributed by atoms with Gasteiger partial charge in [0.2, 0.25) is 5.91 Å². The van der Waals surface area contributed by atoms with Gasteiger partial charge in [0, 0.05) is 24.5 Å². The molecule has 5 heteroatoms. The lowest BCUT2D eigenvalue weighted by molar-refractivity contribution is -0.146. The maximum absolute atomic E-state index is 12.6. The molecule has 0 rings (SSSR count). The summed E-state index contributed by atoms with van der Waals surface area (Å²) in [5.41, 5.74) is 4.76. The molecule has 3 N–H and O–H groups in total. The average Bonchev–Trinajstić information content (AvgIpc) is 2.20. The Balaban J connectivity index is 4.90. The monoisotopic (exact) mass is 272 g/mol. The second kappa shape index (κ2) is 6.37. The predicted octanol–water partition coefficient (Wildman–Crippen LogP) is 1.85. The minimum atomic E-state index is -0.838. The van der Waals surface area contributed by atoms with Crippen LogP contribution in [-0.4, -0.2) is 40.0 Å². The van der Waals surface area contributed by atoms with Crippen molar-refractivity contribution in [1.82, 2.24) is 4.90 Å². The fourth-order valence-electron chi connectivity index (χ4n) is 1.63. The third-order valence-electron chi connectivity index (χ3n) is 3.82. The van der Waals surface area contributed by atoms with Crippen LogP contribution < -0.4 is 5.73 Å². The van der Waals surface area contributed by atoms with Crippen LogP contribution in [-0.2, 0) is 9.59 Å². The highest BCUT2D eigenvalue weighted by Gasteiger charge is 2.43. The first-order chi connectivity index (χ1) is 8.41. The van der Waals surface area contributed by atoms with E-state index in [1.54, 1.807) is 4.90 Å². The highest BCUT2D eigenvalue weighted by atomic mass is 16.4. The van der Waals surface area contributed by atoms with Crippen LogP contribution in [0.5, 0.6) is 0 Å². The zero-order chi connectivity index (χ0) is 15.4. The minimum absolute atomic E-state index is 0.0274. The van der Waals surface area contributed by atoms with Gasteiger partial charge in [-0.25, -0.2) is 0 Å². The Morgan fingerprint density at radius 3 is 2.00 bits per heavy atom. The topological polar surface area (TPSA) is 83.6 Å². The Morgan fingerprint density at radius 2 is 1.68 bits per heavy atom. The first kappa shape index (κ1) is 17.9. The SMILES string of the molecule is CC(C)N(CCCC(=O)O)C(=O)C(C)(C)C(C)(C)N. The third-order valence-corrected chi connectivity index (χ3v) is 3.82. The molecule has 0 aliphatic rings. The standard InChI is InChI=1S/C14H28N2O3/c1-10(2)16(9-7-8-11(17)18)12(19)13(3,4)14(5,6)15/h10H,7-9,15H2,1-6H3,(H,17,18). The summed E-state index contributed by atoms with van der Waals surface area (Å²) in [6.45, 7) is 11.6. The van der Waals surface area contributed by atoms with Crippen molar-refractivity contribution in [3.63, 3.8) is 0 Å². The smallest absolute Gasteiger partial charge is 0.303 e. The molecule has 19 heavy (non-hydrogen) atoms. The summed E-state index contributed by atoms with van der Waals surface area (Å²) in [6, 6.07) is 0.0305. The number of carbonyl (C=O) groups excluding carboxylic acids is 1. The number of nitrogens with two attached hydrogens (primary N) is 1. The van der Waals surface area contributed by atoms with Gasteiger partial charge in [-0.3, -0.25) is 9.59 Å². The minimum Gasteiger partial charge on any atom is -0.481 e. The first-order valence-electron chi connectivity index (χ1n) is 6.73. The van der Waals surface area contributed by atoms with Crippen molar-refractivity contribution in [1.29, 1.82) is 0 Å². The Kier molecular flexibility index (Phi) is 6.00. The Hall–Kier alpha value is -1.10. The van der Waals surface area contributed by atoms with Crippen LogP contribution >= 0.6 is 0 Å². The fraction of sp³-hybridized carbons (Fsp3) is 0.857. The lowest BCUT2D eigenvalue weighted by atomic mass is 9.74. The molecule has 0 aliphatic carbocycles. The predicted molar refractivity (Wildman–Crippen MR) is 75.8 cm³/mol. The summed E-state index contributed by atoms with van der Waals surface area (Å²) in [4.78, 5) is 24.9. The molecule has 0 atom stereocenters. The highest BCUT2D eigenvalue weighted by Crippen LogP contribution is 2.31. The van der Waals surface area contributed by atoms with Gasteiger partial charge < -0.3 is 15.7 Å². The van der Waals surface area contributed by atoms with E-state index < -0.39 is 16.9 Å². The van der Waals surface area contributed by atoms with E-state index >= 15 is 0 Å². The van der Waals surface area contributed by atoms with E-state index in [0.29, 0.717) is 13.0 Å². The number of carboxylic acid groups (broad SMARTS) is 1. The van der Waals surface area contributed by atoms with Gasteiger partial charge in [0.1, 0.15) is 0 Å². The summed E-state index contributed by atoms with van der Waals surface area (Å²) < 4.78 is 0. The van der Waals surface area contributed by atoms with Crippen molar-refractivity contribution in [2.45, 2.75) is 66.0 Å². The fourth-order valence-corrected chi connectivity index (χ4v) is 1.63. The molecule has 0 fully saturated rings. The molecule has 0 aliphatic heterocycles. The zero-order valence-electron chi connectivity index (χ0n) is 13.0. The number of rotatable bonds is 7. The number of hydrogen-bond donors (Lipinski definition) is 2. The van der Waals surface area contributed by atoms with Crippen LogP contribution in [0, 0.1) is 5.41 Å². The molecular formula is C14H28N2O3. The molecule has 0 aromatic rings. The van der Waals surface area contributed by atoms with Crippen molar-refractivity contribution in [3.8, 4) is 0 Å². The number of carboxylic acids is 1. The van der Waals surface area contributed by atoms with E-state index in [2.05, 4.69) is 0 Å². The lowest BCUT2D eigenvalue weighted by Crippen LogP contribution is -2.57. The molecule has 0 heterocycles. The normalized spacial score (nSPS) is 12.6. The second-order valence-corrected chi connectivity index (χ2v) is 6.44. The largest absolute Gasteiger partial charge is 0.481 e. The van der Waals surface area contributed by atoms with E-state index in [9.17, 15) is 9.59 Å². The van der Waals surface area contributed by atoms with Crippen LogP contribution in [0.1, 0.15) is 54.4 Å².